The number of nitrogens with one attached hydrogen (secondary N) is 1. The number of para-hydroxylation sites is 1. The number of nitrogens with zero attached hydrogens (tertiary/aromatic N) is 2. The summed E-state index contributed by atoms with van der Waals surface area (Å²) in [5.74, 6) is -2.54. The fourth-order valence-corrected chi connectivity index (χ4v) is 1.68. The van der Waals surface area contributed by atoms with Crippen molar-refractivity contribution in [3.63, 3.8) is 0 Å². The average Bonchev–Trinajstić information content (AvgIpc) is 2.46. The first kappa shape index (κ1) is 22.0. The van der Waals surface area contributed by atoms with Gasteiger partial charge in [0.15, 0.2) is 0 Å². The molecule has 0 saturated heterocycles. The van der Waals surface area contributed by atoms with E-state index >= 15 is 0 Å². The van der Waals surface area contributed by atoms with Crippen molar-refractivity contribution in [2.75, 3.05) is 5.43 Å². The quantitative estimate of drug-likeness (QED) is 0.319. The van der Waals surface area contributed by atoms with Gasteiger partial charge in [0.25, 0.3) is 0 Å². The maximum Gasteiger partial charge on any atom is 1.00 e. The molecule has 0 unspecified atom stereocenters. The predicted octanol–water partition coefficient (Wildman–Crippen LogP) is -6.71. The molecule has 0 radical (unpaired) electrons. The molecule has 2 aromatic rings. The Hall–Kier alpha value is -0.960. The summed E-state index contributed by atoms with van der Waals surface area (Å²) in [5.41, 5.74) is 2.80. The SMILES string of the molecule is O=C([O-])CC/C(=N/Nc1ccc2ccccc2n1)C(=O)[O-].[Na+].[Na+]. The predicted molar refractivity (Wildman–Crippen MR) is 72.0 cm³/mol. The number of hydrazone groups is 1. The molecule has 0 bridgehead atoms. The Morgan fingerprint density at radius 1 is 1.04 bits per heavy atom. The van der Waals surface area contributed by atoms with Crippen LogP contribution in [0.5, 0.6) is 0 Å². The minimum absolute atomic E-state index is 0. The maximum atomic E-state index is 10.8. The standard InChI is InChI=1S/C14H13N3O4.2Na/c18-13(19)8-6-11(14(20)21)16-17-12-7-5-9-3-1-2-4-10(9)15-12;;/h1-5,7H,6,8H2,(H,15,17)(H,18,19)(H,20,21);;/q;2*+1/p-2/b16-11-;;. The van der Waals surface area contributed by atoms with Crippen LogP contribution in [0.15, 0.2) is 41.5 Å². The van der Waals surface area contributed by atoms with E-state index in [-0.39, 0.29) is 65.5 Å². The number of aliphatic carboxylic acids is 2. The molecule has 1 aromatic heterocycles. The molecule has 0 saturated carbocycles. The minimum atomic E-state index is -1.54. The Morgan fingerprint density at radius 2 is 1.74 bits per heavy atom. The second-order valence-corrected chi connectivity index (χ2v) is 4.22. The van der Waals surface area contributed by atoms with Crippen molar-refractivity contribution in [1.82, 2.24) is 4.98 Å². The van der Waals surface area contributed by atoms with Gasteiger partial charge in [0.2, 0.25) is 0 Å². The minimum Gasteiger partial charge on any atom is -0.550 e. The summed E-state index contributed by atoms with van der Waals surface area (Å²) >= 11 is 0. The molecular weight excluding hydrogens is 320 g/mol. The number of carboxylic acid groups (broad SMARTS) is 2. The number of pyridine rings is 1. The van der Waals surface area contributed by atoms with Crippen molar-refractivity contribution in [3.8, 4) is 0 Å². The molecule has 0 aliphatic rings. The molecule has 9 heteroatoms. The zero-order valence-electron chi connectivity index (χ0n) is 12.9. The summed E-state index contributed by atoms with van der Waals surface area (Å²) in [6, 6.07) is 10.8. The van der Waals surface area contributed by atoms with Crippen molar-refractivity contribution in [1.29, 1.82) is 0 Å². The van der Waals surface area contributed by atoms with E-state index in [2.05, 4.69) is 15.5 Å². The molecule has 108 valence electrons. The fraction of sp³-hybridized carbons (Fsp3) is 0.143. The number of carbonyl (C=O) groups excluding carboxylic acids is 2. The van der Waals surface area contributed by atoms with Gasteiger partial charge >= 0.3 is 59.1 Å². The summed E-state index contributed by atoms with van der Waals surface area (Å²) < 4.78 is 0. The number of anilines is 1. The van der Waals surface area contributed by atoms with Crippen LogP contribution in [0.4, 0.5) is 5.82 Å². The van der Waals surface area contributed by atoms with Crippen LogP contribution in [-0.2, 0) is 9.59 Å². The third kappa shape index (κ3) is 6.99. The van der Waals surface area contributed by atoms with E-state index in [0.29, 0.717) is 5.82 Å². The van der Waals surface area contributed by atoms with Crippen LogP contribution in [0.3, 0.4) is 0 Å². The van der Waals surface area contributed by atoms with Crippen LogP contribution in [0.1, 0.15) is 12.8 Å². The summed E-state index contributed by atoms with van der Waals surface area (Å²) in [6.45, 7) is 0. The van der Waals surface area contributed by atoms with Gasteiger partial charge in [0.1, 0.15) is 5.82 Å². The number of carbonyl (C=O) groups is 2. The molecule has 0 aliphatic heterocycles. The first-order chi connectivity index (χ1) is 10.1. The Morgan fingerprint density at radius 3 is 2.39 bits per heavy atom. The Labute approximate surface area is 176 Å². The van der Waals surface area contributed by atoms with Gasteiger partial charge in [-0.3, -0.25) is 5.43 Å². The number of rotatable bonds is 6. The fourth-order valence-electron chi connectivity index (χ4n) is 1.68. The van der Waals surface area contributed by atoms with Gasteiger partial charge in [-0.1, -0.05) is 18.2 Å². The van der Waals surface area contributed by atoms with Crippen LogP contribution < -0.4 is 74.8 Å². The van der Waals surface area contributed by atoms with Crippen molar-refractivity contribution in [2.45, 2.75) is 12.8 Å². The van der Waals surface area contributed by atoms with Crippen LogP contribution in [0, 0.1) is 0 Å². The molecule has 1 heterocycles. The molecule has 23 heavy (non-hydrogen) atoms. The van der Waals surface area contributed by atoms with Crippen molar-refractivity contribution in [3.05, 3.63) is 36.4 Å². The van der Waals surface area contributed by atoms with Gasteiger partial charge < -0.3 is 19.8 Å². The van der Waals surface area contributed by atoms with E-state index in [1.165, 1.54) is 0 Å². The largest absolute Gasteiger partial charge is 1.00 e. The van der Waals surface area contributed by atoms with Gasteiger partial charge in [-0.25, -0.2) is 4.98 Å². The zero-order chi connectivity index (χ0) is 15.2. The molecular formula is C14H11N3Na2O4. The number of hydrogen-bond acceptors (Lipinski definition) is 7. The van der Waals surface area contributed by atoms with Crippen LogP contribution in [-0.4, -0.2) is 22.6 Å². The van der Waals surface area contributed by atoms with Gasteiger partial charge in [0, 0.05) is 11.4 Å². The summed E-state index contributed by atoms with van der Waals surface area (Å²) in [5, 5.41) is 25.7. The van der Waals surface area contributed by atoms with Gasteiger partial charge in [-0.2, -0.15) is 5.10 Å². The number of benzene rings is 1. The summed E-state index contributed by atoms with van der Waals surface area (Å²) in [6.07, 6.45) is -0.731. The number of fused-ring (bicyclic) bond motifs is 1. The van der Waals surface area contributed by atoms with Crippen molar-refractivity contribution in [2.24, 2.45) is 5.10 Å². The van der Waals surface area contributed by atoms with Crippen molar-refractivity contribution < 1.29 is 78.9 Å². The molecule has 0 atom stereocenters. The molecule has 0 aliphatic carbocycles. The summed E-state index contributed by atoms with van der Waals surface area (Å²) in [7, 11) is 0. The Bertz CT molecular complexity index is 722. The molecule has 0 spiro atoms. The molecule has 1 N–H and O–H groups in total. The maximum absolute atomic E-state index is 10.8. The normalized spacial score (nSPS) is 10.3. The summed E-state index contributed by atoms with van der Waals surface area (Å²) in [4.78, 5) is 25.4. The second-order valence-electron chi connectivity index (χ2n) is 4.22. The van der Waals surface area contributed by atoms with Gasteiger partial charge in [-0.15, -0.1) is 0 Å². The van der Waals surface area contributed by atoms with E-state index in [1.807, 2.05) is 18.2 Å². The van der Waals surface area contributed by atoms with Crippen LogP contribution >= 0.6 is 0 Å². The van der Waals surface area contributed by atoms with Crippen molar-refractivity contribution >= 4 is 34.4 Å². The average molecular weight is 331 g/mol. The topological polar surface area (TPSA) is 118 Å². The Balaban J connectivity index is 0.00000242. The van der Waals surface area contributed by atoms with Gasteiger partial charge in [-0.05, 0) is 31.0 Å². The Kier molecular flexibility index (Phi) is 10.3. The third-order valence-electron chi connectivity index (χ3n) is 2.71. The van der Waals surface area contributed by atoms with E-state index in [0.717, 1.165) is 10.9 Å². The smallest absolute Gasteiger partial charge is 0.550 e. The van der Waals surface area contributed by atoms with E-state index in [1.54, 1.807) is 18.2 Å². The van der Waals surface area contributed by atoms with E-state index in [4.69, 9.17) is 0 Å². The van der Waals surface area contributed by atoms with E-state index in [9.17, 15) is 19.8 Å². The van der Waals surface area contributed by atoms with Gasteiger partial charge in [0.05, 0.1) is 17.2 Å². The molecule has 0 fully saturated rings. The van der Waals surface area contributed by atoms with Crippen LogP contribution in [0.2, 0.25) is 0 Å². The number of carboxylic acids is 2. The van der Waals surface area contributed by atoms with E-state index < -0.39 is 24.1 Å². The zero-order valence-corrected chi connectivity index (χ0v) is 16.9. The molecule has 1 aromatic carbocycles. The number of hydrogen-bond donors (Lipinski definition) is 1. The first-order valence-corrected chi connectivity index (χ1v) is 6.16. The molecule has 2 rings (SSSR count). The third-order valence-corrected chi connectivity index (χ3v) is 2.71. The molecule has 7 nitrogen and oxygen atoms in total. The second kappa shape index (κ2) is 10.7. The van der Waals surface area contributed by atoms with Crippen LogP contribution in [0.25, 0.3) is 10.9 Å². The monoisotopic (exact) mass is 331 g/mol. The first-order valence-electron chi connectivity index (χ1n) is 6.16. The number of aromatic nitrogens is 1. The molecule has 0 amide bonds.